The van der Waals surface area contributed by atoms with Crippen LogP contribution in [0.1, 0.15) is 11.4 Å². The molecule has 2 aromatic heterocycles. The van der Waals surface area contributed by atoms with Crippen molar-refractivity contribution in [3.05, 3.63) is 53.9 Å². The van der Waals surface area contributed by atoms with E-state index in [1.54, 1.807) is 23.9 Å². The van der Waals surface area contributed by atoms with Crippen LogP contribution in [0, 0.1) is 6.92 Å². The number of benzene rings is 1. The Morgan fingerprint density at radius 2 is 1.95 bits per heavy atom. The largest absolute Gasteiger partial charge is 0.384 e. The number of aryl methyl sites for hydroxylation is 1. The Bertz CT molecular complexity index is 757. The number of hydrogen-bond acceptors (Lipinski definition) is 6. The van der Waals surface area contributed by atoms with Crippen molar-refractivity contribution >= 4 is 17.6 Å². The van der Waals surface area contributed by atoms with E-state index >= 15 is 0 Å². The summed E-state index contributed by atoms with van der Waals surface area (Å²) in [4.78, 5) is 9.73. The summed E-state index contributed by atoms with van der Waals surface area (Å²) in [6.07, 6.45) is 0. The van der Waals surface area contributed by atoms with E-state index in [2.05, 4.69) is 34.2 Å². The highest BCUT2D eigenvalue weighted by atomic mass is 32.2. The van der Waals surface area contributed by atoms with Gasteiger partial charge in [0.1, 0.15) is 11.5 Å². The van der Waals surface area contributed by atoms with Crippen molar-refractivity contribution in [2.24, 2.45) is 0 Å². The molecular weight excluding hydrogens is 284 g/mol. The molecule has 0 bridgehead atoms. The lowest BCUT2D eigenvalue weighted by molar-refractivity contribution is 0.424. The lowest BCUT2D eigenvalue weighted by atomic mass is 10.2. The van der Waals surface area contributed by atoms with Crippen LogP contribution in [0.4, 0.5) is 5.82 Å². The number of thioether (sulfide) groups is 1. The van der Waals surface area contributed by atoms with Gasteiger partial charge in [-0.2, -0.15) is 4.98 Å². The summed E-state index contributed by atoms with van der Waals surface area (Å²) in [5.41, 5.74) is 7.48. The monoisotopic (exact) mass is 298 g/mol. The van der Waals surface area contributed by atoms with Crippen LogP contribution >= 0.6 is 11.8 Å². The minimum absolute atomic E-state index is 0.391. The molecule has 106 valence electrons. The fourth-order valence-electron chi connectivity index (χ4n) is 1.85. The number of hydrogen-bond donors (Lipinski definition) is 1. The summed E-state index contributed by atoms with van der Waals surface area (Å²) in [5.74, 6) is 2.11. The molecular formula is C15H14N4OS. The van der Waals surface area contributed by atoms with Crippen molar-refractivity contribution in [1.29, 1.82) is 0 Å². The van der Waals surface area contributed by atoms with Gasteiger partial charge in [-0.15, -0.1) is 11.8 Å². The van der Waals surface area contributed by atoms with Gasteiger partial charge in [-0.25, -0.2) is 4.98 Å². The Labute approximate surface area is 126 Å². The molecule has 6 heteroatoms. The predicted molar refractivity (Wildman–Crippen MR) is 82.7 cm³/mol. The van der Waals surface area contributed by atoms with Crippen LogP contribution < -0.4 is 5.73 Å². The molecule has 2 heterocycles. The van der Waals surface area contributed by atoms with Gasteiger partial charge in [-0.3, -0.25) is 0 Å². The van der Waals surface area contributed by atoms with Crippen molar-refractivity contribution in [2.75, 3.05) is 5.73 Å². The molecule has 0 radical (unpaired) electrons. The van der Waals surface area contributed by atoms with Gasteiger partial charge in [0.25, 0.3) is 5.89 Å². The average molecular weight is 298 g/mol. The predicted octanol–water partition coefficient (Wildman–Crippen LogP) is 3.31. The van der Waals surface area contributed by atoms with Gasteiger partial charge in [0, 0.05) is 4.90 Å². The van der Waals surface area contributed by atoms with Crippen molar-refractivity contribution in [1.82, 2.24) is 15.1 Å². The van der Waals surface area contributed by atoms with E-state index in [0.717, 1.165) is 0 Å². The molecule has 3 aromatic rings. The molecule has 1 aromatic carbocycles. The third-order valence-corrected chi connectivity index (χ3v) is 4.08. The second kappa shape index (κ2) is 5.97. The number of anilines is 1. The maximum atomic E-state index is 5.65. The maximum absolute atomic E-state index is 5.65. The first kappa shape index (κ1) is 13.6. The molecule has 5 nitrogen and oxygen atoms in total. The summed E-state index contributed by atoms with van der Waals surface area (Å²) in [6, 6.07) is 13.5. The zero-order valence-electron chi connectivity index (χ0n) is 11.5. The minimum atomic E-state index is 0.391. The summed E-state index contributed by atoms with van der Waals surface area (Å²) in [7, 11) is 0. The lowest BCUT2D eigenvalue weighted by Gasteiger charge is -2.01. The summed E-state index contributed by atoms with van der Waals surface area (Å²) < 4.78 is 5.23. The van der Waals surface area contributed by atoms with E-state index in [1.807, 2.05) is 18.2 Å². The highest BCUT2D eigenvalue weighted by Crippen LogP contribution is 2.25. The van der Waals surface area contributed by atoms with Crippen LogP contribution in [-0.4, -0.2) is 15.1 Å². The Balaban J connectivity index is 1.72. The quantitative estimate of drug-likeness (QED) is 0.744. The normalized spacial score (nSPS) is 10.7. The number of pyridine rings is 1. The second-order valence-electron chi connectivity index (χ2n) is 4.52. The van der Waals surface area contributed by atoms with Crippen molar-refractivity contribution in [2.45, 2.75) is 17.6 Å². The minimum Gasteiger partial charge on any atom is -0.384 e. The fraction of sp³-hybridized carbons (Fsp3) is 0.133. The molecule has 0 atom stereocenters. The molecule has 0 aliphatic rings. The summed E-state index contributed by atoms with van der Waals surface area (Å²) in [5, 5.41) is 3.98. The number of rotatable bonds is 4. The molecule has 0 aliphatic heterocycles. The number of nitrogens with zero attached hydrogens (tertiary/aromatic N) is 3. The standard InChI is InChI=1S/C15H14N4OS/c1-10-5-2-3-7-12(10)21-9-14-18-15(20-19-14)11-6-4-8-13(16)17-11/h2-8H,9H2,1H3,(H2,16,17). The van der Waals surface area contributed by atoms with Crippen LogP contribution in [0.2, 0.25) is 0 Å². The number of aromatic nitrogens is 3. The van der Waals surface area contributed by atoms with Crippen LogP contribution in [0.25, 0.3) is 11.6 Å². The van der Waals surface area contributed by atoms with Gasteiger partial charge in [-0.1, -0.05) is 29.4 Å². The van der Waals surface area contributed by atoms with Crippen molar-refractivity contribution in [3.63, 3.8) is 0 Å². The number of nitrogen functional groups attached to an aromatic ring is 1. The summed E-state index contributed by atoms with van der Waals surface area (Å²) >= 11 is 1.68. The Hall–Kier alpha value is -2.34. The van der Waals surface area contributed by atoms with Gasteiger partial charge in [0.15, 0.2) is 5.82 Å². The van der Waals surface area contributed by atoms with E-state index in [-0.39, 0.29) is 0 Å². The van der Waals surface area contributed by atoms with E-state index < -0.39 is 0 Å². The molecule has 0 fully saturated rings. The smallest absolute Gasteiger partial charge is 0.276 e. The molecule has 3 rings (SSSR count). The highest BCUT2D eigenvalue weighted by Gasteiger charge is 2.11. The maximum Gasteiger partial charge on any atom is 0.276 e. The fourth-order valence-corrected chi connectivity index (χ4v) is 2.72. The third kappa shape index (κ3) is 3.22. The summed E-state index contributed by atoms with van der Waals surface area (Å²) in [6.45, 7) is 2.08. The molecule has 2 N–H and O–H groups in total. The van der Waals surface area contributed by atoms with Crippen molar-refractivity contribution < 1.29 is 4.52 Å². The van der Waals surface area contributed by atoms with Gasteiger partial charge in [0.2, 0.25) is 0 Å². The van der Waals surface area contributed by atoms with Crippen LogP contribution in [0.15, 0.2) is 51.9 Å². The second-order valence-corrected chi connectivity index (χ2v) is 5.53. The topological polar surface area (TPSA) is 77.8 Å². The zero-order chi connectivity index (χ0) is 14.7. The molecule has 0 amide bonds. The molecule has 21 heavy (non-hydrogen) atoms. The highest BCUT2D eigenvalue weighted by molar-refractivity contribution is 7.98. The van der Waals surface area contributed by atoms with Gasteiger partial charge in [-0.05, 0) is 30.7 Å². The van der Waals surface area contributed by atoms with E-state index in [4.69, 9.17) is 10.3 Å². The third-order valence-electron chi connectivity index (χ3n) is 2.91. The molecule has 0 spiro atoms. The van der Waals surface area contributed by atoms with E-state index in [1.165, 1.54) is 10.5 Å². The molecule has 0 aliphatic carbocycles. The first-order valence-electron chi connectivity index (χ1n) is 6.46. The van der Waals surface area contributed by atoms with Crippen LogP contribution in [-0.2, 0) is 5.75 Å². The molecule has 0 unspecified atom stereocenters. The van der Waals surface area contributed by atoms with Crippen LogP contribution in [0.5, 0.6) is 0 Å². The number of nitrogens with two attached hydrogens (primary N) is 1. The first-order chi connectivity index (χ1) is 10.2. The van der Waals surface area contributed by atoms with Crippen molar-refractivity contribution in [3.8, 4) is 11.6 Å². The Kier molecular flexibility index (Phi) is 3.87. The van der Waals surface area contributed by atoms with Gasteiger partial charge >= 0.3 is 0 Å². The molecule has 0 saturated heterocycles. The van der Waals surface area contributed by atoms with Gasteiger partial charge in [0.05, 0.1) is 5.75 Å². The van der Waals surface area contributed by atoms with Crippen LogP contribution in [0.3, 0.4) is 0 Å². The Morgan fingerprint density at radius 1 is 1.10 bits per heavy atom. The average Bonchev–Trinajstić information content (AvgIpc) is 2.95. The van der Waals surface area contributed by atoms with Gasteiger partial charge < -0.3 is 10.3 Å². The Morgan fingerprint density at radius 3 is 2.76 bits per heavy atom. The van der Waals surface area contributed by atoms with E-state index in [9.17, 15) is 0 Å². The molecule has 0 saturated carbocycles. The first-order valence-corrected chi connectivity index (χ1v) is 7.45. The zero-order valence-corrected chi connectivity index (χ0v) is 12.3. The van der Waals surface area contributed by atoms with E-state index in [0.29, 0.717) is 29.0 Å². The lowest BCUT2D eigenvalue weighted by Crippen LogP contribution is -1.91. The SMILES string of the molecule is Cc1ccccc1SCc1noc(-c2cccc(N)n2)n1.